The molecule has 13 heteroatoms. The molecule has 2 fully saturated rings. The summed E-state index contributed by atoms with van der Waals surface area (Å²) in [6.07, 6.45) is 2.21. The van der Waals surface area contributed by atoms with Gasteiger partial charge in [0, 0.05) is 13.1 Å². The summed E-state index contributed by atoms with van der Waals surface area (Å²) in [5, 5.41) is 10.6. The number of ether oxygens (including phenoxy) is 1. The molecule has 1 saturated carbocycles. The first-order valence-electron chi connectivity index (χ1n) is 16.9. The lowest BCUT2D eigenvalue weighted by Gasteiger charge is -2.38. The fourth-order valence-corrected chi connectivity index (χ4v) is 6.49. The zero-order valence-electron chi connectivity index (χ0n) is 29.9. The van der Waals surface area contributed by atoms with Gasteiger partial charge in [-0.1, -0.05) is 80.0 Å². The summed E-state index contributed by atoms with van der Waals surface area (Å²) in [6, 6.07) is 0.592. The quantitative estimate of drug-likeness (QED) is 0.125. The number of fused-ring (bicyclic) bond motifs is 1. The van der Waals surface area contributed by atoms with Crippen LogP contribution in [0.4, 0.5) is 9.18 Å². The van der Waals surface area contributed by atoms with Gasteiger partial charge in [0.2, 0.25) is 17.6 Å². The van der Waals surface area contributed by atoms with Crippen molar-refractivity contribution in [1.82, 2.24) is 26.2 Å². The second-order valence-electron chi connectivity index (χ2n) is 15.0. The lowest BCUT2D eigenvalue weighted by molar-refractivity contribution is -0.148. The van der Waals surface area contributed by atoms with Crippen molar-refractivity contribution in [3.05, 3.63) is 48.3 Å². The van der Waals surface area contributed by atoms with Crippen molar-refractivity contribution in [1.29, 1.82) is 0 Å². The molecule has 49 heavy (non-hydrogen) atoms. The molecule has 4 N–H and O–H groups in total. The van der Waals surface area contributed by atoms with Crippen LogP contribution in [0.5, 0.6) is 0 Å². The fourth-order valence-electron chi connectivity index (χ4n) is 6.49. The smallest absolute Gasteiger partial charge is 0.329 e. The monoisotopic (exact) mass is 685 g/mol. The Morgan fingerprint density at radius 1 is 1.06 bits per heavy atom. The lowest BCUT2D eigenvalue weighted by Crippen LogP contribution is -2.62. The number of esters is 1. The number of carbonyl (C=O) groups excluding carboxylic acids is 6. The fraction of sp³-hybridized carbons (Fsp3) is 0.611. The maximum atomic E-state index is 14.3. The molecule has 3 rings (SSSR count). The van der Waals surface area contributed by atoms with Gasteiger partial charge in [0.25, 0.3) is 5.91 Å². The van der Waals surface area contributed by atoms with Crippen LogP contribution in [0, 0.1) is 34.4 Å². The third-order valence-corrected chi connectivity index (χ3v) is 9.49. The predicted octanol–water partition coefficient (Wildman–Crippen LogP) is 3.25. The molecule has 2 aliphatic rings. The summed E-state index contributed by atoms with van der Waals surface area (Å²) in [5.74, 6) is -4.25. The van der Waals surface area contributed by atoms with E-state index in [0.717, 1.165) is 0 Å². The van der Waals surface area contributed by atoms with Gasteiger partial charge in [0.05, 0.1) is 6.04 Å². The number of carbonyl (C=O) groups is 6. The van der Waals surface area contributed by atoms with E-state index in [4.69, 9.17) is 4.74 Å². The van der Waals surface area contributed by atoms with Gasteiger partial charge in [0.15, 0.2) is 0 Å². The maximum Gasteiger partial charge on any atom is 0.329 e. The minimum Gasteiger partial charge on any atom is -0.459 e. The number of nitrogens with one attached hydrogen (secondary N) is 4. The highest BCUT2D eigenvalue weighted by Gasteiger charge is 2.70. The summed E-state index contributed by atoms with van der Waals surface area (Å²) in [5.41, 5.74) is -0.463. The number of amides is 5. The number of nitrogens with zero attached hydrogens (tertiary/aromatic N) is 1. The van der Waals surface area contributed by atoms with Gasteiger partial charge in [-0.05, 0) is 52.7 Å². The van der Waals surface area contributed by atoms with Gasteiger partial charge in [0.1, 0.15) is 30.5 Å². The number of urea groups is 1. The molecule has 0 spiro atoms. The van der Waals surface area contributed by atoms with Crippen LogP contribution in [0.1, 0.15) is 73.8 Å². The van der Waals surface area contributed by atoms with Crippen molar-refractivity contribution in [3.63, 3.8) is 0 Å². The average Bonchev–Trinajstić information content (AvgIpc) is 3.33. The van der Waals surface area contributed by atoms with Crippen LogP contribution in [0.2, 0.25) is 0 Å². The van der Waals surface area contributed by atoms with Crippen LogP contribution >= 0.6 is 0 Å². The number of piperidine rings is 1. The molecule has 270 valence electrons. The van der Waals surface area contributed by atoms with E-state index in [1.165, 1.54) is 35.2 Å². The molecule has 0 bridgehead atoms. The number of likely N-dealkylation sites (tertiary alicyclic amines) is 1. The number of rotatable bonds is 15. The molecule has 1 aliphatic carbocycles. The van der Waals surface area contributed by atoms with E-state index in [2.05, 4.69) is 27.8 Å². The number of benzene rings is 1. The van der Waals surface area contributed by atoms with E-state index in [9.17, 15) is 33.2 Å². The van der Waals surface area contributed by atoms with E-state index in [1.54, 1.807) is 34.6 Å². The molecule has 0 aromatic heterocycles. The predicted molar refractivity (Wildman–Crippen MR) is 181 cm³/mol. The molecule has 6 atom stereocenters. The van der Waals surface area contributed by atoms with Gasteiger partial charge in [-0.2, -0.15) is 0 Å². The molecule has 5 amide bonds. The number of ketones is 1. The Balaban J connectivity index is 1.77. The van der Waals surface area contributed by atoms with Gasteiger partial charge in [-0.3, -0.25) is 19.2 Å². The molecular formula is C36H52FN5O7. The first-order chi connectivity index (χ1) is 22.8. The summed E-state index contributed by atoms with van der Waals surface area (Å²) >= 11 is 0. The van der Waals surface area contributed by atoms with Gasteiger partial charge >= 0.3 is 12.0 Å². The standard InChI is InChI=1S/C36H52FN5O7/c1-10-12-24(28(43)31(45)38-17-11-2)39-30(44)27-25-23(36(25,8)9)18-42(27)32(46)29(35(5,6)7)41-34(48)40-26(20(3)4)33(47)49-19-21-13-15-22(37)16-14-21/h11,13-16,20,23-27,29H,2,10,12,17-19H2,1,3-9H3,(H,38,45)(H,39,44)(H2,40,41,48)/t23-,24?,25-,26-,27-,29+/m0/s1. The van der Waals surface area contributed by atoms with Crippen molar-refractivity contribution < 1.29 is 37.9 Å². The minimum atomic E-state index is -1.09. The number of Topliss-reactive ketones (excluding diaryl/α,β-unsaturated/α-hetero) is 1. The molecule has 1 saturated heterocycles. The third kappa shape index (κ3) is 9.45. The zero-order chi connectivity index (χ0) is 36.8. The molecular weight excluding hydrogens is 633 g/mol. The van der Waals surface area contributed by atoms with Crippen LogP contribution in [0.3, 0.4) is 0 Å². The average molecular weight is 686 g/mol. The maximum absolute atomic E-state index is 14.3. The van der Waals surface area contributed by atoms with Crippen molar-refractivity contribution in [2.75, 3.05) is 13.1 Å². The Labute approximate surface area is 288 Å². The van der Waals surface area contributed by atoms with E-state index >= 15 is 0 Å². The Morgan fingerprint density at radius 3 is 2.24 bits per heavy atom. The molecule has 1 heterocycles. The van der Waals surface area contributed by atoms with Gasteiger partial charge in [-0.25, -0.2) is 14.0 Å². The van der Waals surface area contributed by atoms with Crippen LogP contribution < -0.4 is 21.3 Å². The summed E-state index contributed by atoms with van der Waals surface area (Å²) in [6.45, 7) is 18.5. The number of hydrogen-bond acceptors (Lipinski definition) is 7. The third-order valence-electron chi connectivity index (χ3n) is 9.49. The van der Waals surface area contributed by atoms with Crippen molar-refractivity contribution in [3.8, 4) is 0 Å². The SMILES string of the molecule is C=CCNC(=O)C(=O)C(CCC)NC(=O)[C@@H]1[C@@H]2[C@H](CN1C(=O)[C@@H](NC(=O)N[C@H](C(=O)OCc1ccc(F)cc1)C(C)C)C(C)(C)C)C2(C)C. The summed E-state index contributed by atoms with van der Waals surface area (Å²) in [4.78, 5) is 81.4. The van der Waals surface area contributed by atoms with Crippen molar-refractivity contribution in [2.45, 2.75) is 99.0 Å². The first kappa shape index (κ1) is 39.2. The summed E-state index contributed by atoms with van der Waals surface area (Å²) < 4.78 is 18.6. The molecule has 1 unspecified atom stereocenters. The normalized spacial score (nSPS) is 21.0. The molecule has 0 radical (unpaired) electrons. The minimum absolute atomic E-state index is 0.0269. The van der Waals surface area contributed by atoms with Gasteiger partial charge in [-0.15, -0.1) is 6.58 Å². The van der Waals surface area contributed by atoms with Crippen LogP contribution in [-0.2, 0) is 35.3 Å². The highest BCUT2D eigenvalue weighted by Crippen LogP contribution is 2.65. The molecule has 1 aliphatic heterocycles. The molecule has 12 nitrogen and oxygen atoms in total. The van der Waals surface area contributed by atoms with Crippen molar-refractivity contribution >= 4 is 35.5 Å². The first-order valence-corrected chi connectivity index (χ1v) is 16.9. The Morgan fingerprint density at radius 2 is 1.69 bits per heavy atom. The summed E-state index contributed by atoms with van der Waals surface area (Å²) in [7, 11) is 0. The second kappa shape index (κ2) is 15.9. The Kier molecular flexibility index (Phi) is 12.7. The van der Waals surface area contributed by atoms with E-state index < -0.39 is 70.9 Å². The van der Waals surface area contributed by atoms with E-state index in [1.807, 2.05) is 20.8 Å². The van der Waals surface area contributed by atoms with Crippen LogP contribution in [0.15, 0.2) is 36.9 Å². The lowest BCUT2D eigenvalue weighted by atomic mass is 9.85. The zero-order valence-corrected chi connectivity index (χ0v) is 29.9. The number of hydrogen-bond donors (Lipinski definition) is 4. The van der Waals surface area contributed by atoms with Gasteiger partial charge < -0.3 is 30.9 Å². The van der Waals surface area contributed by atoms with Crippen molar-refractivity contribution in [2.24, 2.45) is 28.6 Å². The Hall–Kier alpha value is -4.29. The largest absolute Gasteiger partial charge is 0.459 e. The van der Waals surface area contributed by atoms with E-state index in [0.29, 0.717) is 12.0 Å². The number of halogens is 1. The topological polar surface area (TPSA) is 163 Å². The van der Waals surface area contributed by atoms with E-state index in [-0.39, 0.29) is 49.3 Å². The van der Waals surface area contributed by atoms with Crippen LogP contribution in [0.25, 0.3) is 0 Å². The second-order valence-corrected chi connectivity index (χ2v) is 15.0. The molecule has 1 aromatic rings. The van der Waals surface area contributed by atoms with Crippen LogP contribution in [-0.4, -0.2) is 77.7 Å². The Bertz CT molecular complexity index is 1420. The highest BCUT2D eigenvalue weighted by molar-refractivity contribution is 6.38. The highest BCUT2D eigenvalue weighted by atomic mass is 19.1. The molecule has 1 aromatic carbocycles.